The molecule has 0 aromatic rings. The Balaban J connectivity index is 0. The molecule has 0 spiro atoms. The van der Waals surface area contributed by atoms with Gasteiger partial charge in [-0.2, -0.15) is 0 Å². The highest BCUT2D eigenvalue weighted by Gasteiger charge is 2.45. The van der Waals surface area contributed by atoms with Crippen LogP contribution < -0.4 is 4.90 Å². The average molecular weight is 764 g/mol. The lowest BCUT2D eigenvalue weighted by atomic mass is 9.93. The van der Waals surface area contributed by atoms with E-state index in [4.69, 9.17) is 0 Å². The molecule has 0 saturated heterocycles. The third kappa shape index (κ3) is 36.1. The number of likely N-dealkylation sites (N-methyl/N-ethyl adjacent to an activating group) is 1. The Morgan fingerprint density at radius 2 is 0.846 bits per heavy atom. The molecule has 10 heteroatoms. The number of carbonyl (C=O) groups is 2. The smallest absolute Gasteiger partial charge is 0.266 e. The minimum atomic E-state index is -4.41. The summed E-state index contributed by atoms with van der Waals surface area (Å²) in [7, 11) is -1.88. The summed E-state index contributed by atoms with van der Waals surface area (Å²) in [6.45, 7) is 4.68. The Morgan fingerprint density at radius 3 is 1.12 bits per heavy atom. The fourth-order valence-electron chi connectivity index (χ4n) is 6.79. The lowest BCUT2D eigenvalue weighted by Gasteiger charge is -2.31. The number of ketones is 2. The highest BCUT2D eigenvalue weighted by atomic mass is 32.3. The maximum atomic E-state index is 13.2. The van der Waals surface area contributed by atoms with E-state index in [1.807, 2.05) is 0 Å². The largest absolute Gasteiger partial charge is 0.726 e. The molecule has 2 atom stereocenters. The SMILES string of the molecule is CCCCCCCCCCCCCCCCCC(=O)CC(O)(C(=O)CCCCCCCCCCCCCCCCC)[NH+](C)CCO.COS(=O)(=O)[O-]. The number of hydrogen-bond donors (Lipinski definition) is 3. The topological polar surface area (TPSA) is 145 Å². The second-order valence-corrected chi connectivity index (χ2v) is 16.4. The van der Waals surface area contributed by atoms with E-state index in [-0.39, 0.29) is 31.1 Å². The van der Waals surface area contributed by atoms with Gasteiger partial charge in [-0.15, -0.1) is 0 Å². The zero-order valence-corrected chi connectivity index (χ0v) is 35.3. The summed E-state index contributed by atoms with van der Waals surface area (Å²) in [5.41, 5.74) is -1.72. The molecule has 0 radical (unpaired) electrons. The Kier molecular flexibility index (Phi) is 39.2. The molecule has 0 aromatic carbocycles. The fourth-order valence-corrected chi connectivity index (χ4v) is 6.79. The Hall–Kier alpha value is -0.910. The van der Waals surface area contributed by atoms with Crippen LogP contribution in [0.4, 0.5) is 0 Å². The average Bonchev–Trinajstić information content (AvgIpc) is 3.11. The first-order valence-electron chi connectivity index (χ1n) is 21.7. The van der Waals surface area contributed by atoms with Gasteiger partial charge >= 0.3 is 0 Å². The molecule has 52 heavy (non-hydrogen) atoms. The molecular formula is C42H85NO8S. The predicted octanol–water partition coefficient (Wildman–Crippen LogP) is 9.33. The van der Waals surface area contributed by atoms with Gasteiger partial charge in [0, 0.05) is 12.8 Å². The molecule has 0 aliphatic rings. The Labute approximate surface area is 321 Å². The third-order valence-electron chi connectivity index (χ3n) is 10.4. The Morgan fingerprint density at radius 1 is 0.577 bits per heavy atom. The number of aliphatic hydroxyl groups is 2. The van der Waals surface area contributed by atoms with Crippen LogP contribution >= 0.6 is 0 Å². The normalized spacial score (nSPS) is 13.4. The second-order valence-electron chi connectivity index (χ2n) is 15.2. The quantitative estimate of drug-likeness (QED) is 0.0243. The van der Waals surface area contributed by atoms with E-state index in [1.54, 1.807) is 7.05 Å². The summed E-state index contributed by atoms with van der Waals surface area (Å²) in [5.74, 6) is -0.266. The highest BCUT2D eigenvalue weighted by Crippen LogP contribution is 2.18. The second kappa shape index (κ2) is 38.4. The van der Waals surface area contributed by atoms with E-state index in [0.717, 1.165) is 45.6 Å². The van der Waals surface area contributed by atoms with Gasteiger partial charge in [0.05, 0.1) is 27.2 Å². The van der Waals surface area contributed by atoms with Crippen molar-refractivity contribution in [2.24, 2.45) is 0 Å². The minimum absolute atomic E-state index is 0.0284. The number of quaternary nitrogens is 1. The van der Waals surface area contributed by atoms with Gasteiger partial charge < -0.3 is 19.7 Å². The van der Waals surface area contributed by atoms with Crippen LogP contribution in [0.1, 0.15) is 226 Å². The van der Waals surface area contributed by atoms with E-state index >= 15 is 0 Å². The van der Waals surface area contributed by atoms with E-state index in [2.05, 4.69) is 18.0 Å². The predicted molar refractivity (Wildman–Crippen MR) is 214 cm³/mol. The Bertz CT molecular complexity index is 900. The molecule has 0 aliphatic heterocycles. The van der Waals surface area contributed by atoms with Gasteiger partial charge in [0.2, 0.25) is 16.2 Å². The van der Waals surface area contributed by atoms with Crippen molar-refractivity contribution in [3.63, 3.8) is 0 Å². The van der Waals surface area contributed by atoms with E-state index < -0.39 is 16.1 Å². The molecular weight excluding hydrogens is 679 g/mol. The summed E-state index contributed by atoms with van der Waals surface area (Å²) in [6.07, 6.45) is 39.0. The maximum absolute atomic E-state index is 13.2. The molecule has 0 saturated carbocycles. The van der Waals surface area contributed by atoms with Crippen LogP contribution in [0.2, 0.25) is 0 Å². The number of hydrogen-bond acceptors (Lipinski definition) is 8. The number of Topliss-reactive ketones (excluding diaryl/α,β-unsaturated/α-hetero) is 2. The van der Waals surface area contributed by atoms with Crippen molar-refractivity contribution in [2.75, 3.05) is 27.3 Å². The van der Waals surface area contributed by atoms with Crippen molar-refractivity contribution in [3.05, 3.63) is 0 Å². The number of carbonyl (C=O) groups excluding carboxylic acids is 2. The third-order valence-corrected chi connectivity index (χ3v) is 10.8. The molecule has 2 unspecified atom stereocenters. The van der Waals surface area contributed by atoms with Crippen LogP contribution in [0.25, 0.3) is 0 Å². The van der Waals surface area contributed by atoms with Crippen molar-refractivity contribution in [3.8, 4) is 0 Å². The first-order chi connectivity index (χ1) is 25.0. The van der Waals surface area contributed by atoms with Crippen molar-refractivity contribution >= 4 is 22.0 Å². The molecule has 9 nitrogen and oxygen atoms in total. The first kappa shape index (κ1) is 53.2. The molecule has 0 aliphatic carbocycles. The van der Waals surface area contributed by atoms with Crippen LogP contribution in [0.5, 0.6) is 0 Å². The molecule has 0 heterocycles. The number of nitrogens with one attached hydrogen (secondary N) is 1. The summed E-state index contributed by atoms with van der Waals surface area (Å²) in [4.78, 5) is 26.5. The summed E-state index contributed by atoms with van der Waals surface area (Å²) < 4.78 is 31.0. The van der Waals surface area contributed by atoms with Gasteiger partial charge in [0.15, 0.2) is 0 Å². The summed E-state index contributed by atoms with van der Waals surface area (Å²) >= 11 is 0. The van der Waals surface area contributed by atoms with Crippen molar-refractivity contribution in [1.82, 2.24) is 0 Å². The van der Waals surface area contributed by atoms with Crippen LogP contribution in [0, 0.1) is 0 Å². The van der Waals surface area contributed by atoms with Crippen LogP contribution in [0.15, 0.2) is 0 Å². The monoisotopic (exact) mass is 764 g/mol. The van der Waals surface area contributed by atoms with Gasteiger partial charge in [-0.3, -0.25) is 13.8 Å². The van der Waals surface area contributed by atoms with E-state index in [0.29, 0.717) is 17.7 Å². The lowest BCUT2D eigenvalue weighted by molar-refractivity contribution is -0.948. The molecule has 0 bridgehead atoms. The molecule has 312 valence electrons. The summed E-state index contributed by atoms with van der Waals surface area (Å²) in [6, 6.07) is 0. The summed E-state index contributed by atoms with van der Waals surface area (Å²) in [5, 5.41) is 20.8. The zero-order chi connectivity index (χ0) is 39.2. The van der Waals surface area contributed by atoms with Gasteiger partial charge in [-0.25, -0.2) is 8.42 Å². The highest BCUT2D eigenvalue weighted by molar-refractivity contribution is 7.80. The standard InChI is InChI=1S/C41H81NO4.CH4O4S/c1-4-6-8-10-12-14-16-18-20-22-24-26-28-30-32-34-39(44)38-41(46,42(3)36-37-43)40(45)35-33-31-29-27-25-23-21-19-17-15-13-11-9-7-5-2;1-5-6(2,3)4/h43,46H,4-38H2,1-3H3;1H3,(H,2,3,4). The van der Waals surface area contributed by atoms with Crippen molar-refractivity contribution in [2.45, 2.75) is 231 Å². The lowest BCUT2D eigenvalue weighted by Crippen LogP contribution is -3.19. The van der Waals surface area contributed by atoms with Gasteiger partial charge in [-0.05, 0) is 12.8 Å². The first-order valence-corrected chi connectivity index (χ1v) is 23.0. The van der Waals surface area contributed by atoms with Gasteiger partial charge in [-0.1, -0.05) is 194 Å². The van der Waals surface area contributed by atoms with Gasteiger partial charge in [0.25, 0.3) is 5.72 Å². The van der Waals surface area contributed by atoms with Crippen molar-refractivity contribution < 1.29 is 41.9 Å². The minimum Gasteiger partial charge on any atom is -0.726 e. The van der Waals surface area contributed by atoms with Crippen molar-refractivity contribution in [1.29, 1.82) is 0 Å². The number of unbranched alkanes of at least 4 members (excludes halogenated alkanes) is 28. The van der Waals surface area contributed by atoms with E-state index in [1.165, 1.54) is 154 Å². The number of rotatable bonds is 39. The van der Waals surface area contributed by atoms with Crippen LogP contribution in [0.3, 0.4) is 0 Å². The molecule has 0 amide bonds. The maximum Gasteiger partial charge on any atom is 0.266 e. The van der Waals surface area contributed by atoms with Crippen LogP contribution in [-0.4, -0.2) is 67.8 Å². The fraction of sp³-hybridized carbons (Fsp3) is 0.952. The number of aliphatic hydroxyl groups excluding tert-OH is 1. The molecule has 0 fully saturated rings. The van der Waals surface area contributed by atoms with Crippen LogP contribution in [-0.2, 0) is 24.2 Å². The molecule has 0 aromatic heterocycles. The van der Waals surface area contributed by atoms with Gasteiger partial charge in [0.1, 0.15) is 12.3 Å². The zero-order valence-electron chi connectivity index (χ0n) is 34.5. The molecule has 0 rings (SSSR count). The van der Waals surface area contributed by atoms with E-state index in [9.17, 15) is 32.8 Å². The molecule has 3 N–H and O–H groups in total.